The van der Waals surface area contributed by atoms with Gasteiger partial charge in [-0.1, -0.05) is 11.3 Å². The fraction of sp³-hybridized carbons (Fsp3) is 0.467. The Morgan fingerprint density at radius 3 is 2.91 bits per heavy atom. The van der Waals surface area contributed by atoms with Crippen molar-refractivity contribution in [2.24, 2.45) is 0 Å². The summed E-state index contributed by atoms with van der Waals surface area (Å²) in [4.78, 5) is 18.5. The van der Waals surface area contributed by atoms with Crippen molar-refractivity contribution in [2.45, 2.75) is 25.4 Å². The van der Waals surface area contributed by atoms with Gasteiger partial charge in [0.1, 0.15) is 11.3 Å². The maximum atomic E-state index is 11.6. The van der Waals surface area contributed by atoms with E-state index in [9.17, 15) is 9.90 Å². The molecule has 1 N–H and O–H groups in total. The number of rotatable bonds is 4. The summed E-state index contributed by atoms with van der Waals surface area (Å²) in [6.45, 7) is 3.73. The Kier molecular flexibility index (Phi) is 3.19. The summed E-state index contributed by atoms with van der Waals surface area (Å²) in [6.07, 6.45) is 1.13. The van der Waals surface area contributed by atoms with Crippen molar-refractivity contribution >= 4 is 32.7 Å². The van der Waals surface area contributed by atoms with Gasteiger partial charge < -0.3 is 19.5 Å². The lowest BCUT2D eigenvalue weighted by molar-refractivity contribution is 0.0103. The fourth-order valence-corrected chi connectivity index (χ4v) is 4.44. The second kappa shape index (κ2) is 5.10. The predicted molar refractivity (Wildman–Crippen MR) is 83.2 cm³/mol. The summed E-state index contributed by atoms with van der Waals surface area (Å²) in [5.41, 5.74) is 0.928. The highest BCUT2D eigenvalue weighted by Crippen LogP contribution is 2.42. The molecule has 7 heteroatoms. The summed E-state index contributed by atoms with van der Waals surface area (Å²) in [6, 6.07) is 4.27. The average Bonchev–Trinajstić information content (AvgIpc) is 2.90. The maximum Gasteiger partial charge on any atom is 0.341 e. The molecule has 2 aliphatic heterocycles. The van der Waals surface area contributed by atoms with Crippen LogP contribution >= 0.6 is 11.3 Å². The lowest BCUT2D eigenvalue weighted by atomic mass is 9.92. The SMILES string of the molecule is CCOc1ccc2nc(N3C4COCC3C4)sc2c1C(=O)O. The van der Waals surface area contributed by atoms with E-state index in [4.69, 9.17) is 9.47 Å². The normalized spacial score (nSPS) is 23.4. The van der Waals surface area contributed by atoms with Crippen LogP contribution in [0.1, 0.15) is 23.7 Å². The first-order valence-electron chi connectivity index (χ1n) is 7.34. The lowest BCUT2D eigenvalue weighted by Gasteiger charge is -2.52. The number of carboxylic acids is 1. The van der Waals surface area contributed by atoms with Crippen molar-refractivity contribution in [3.8, 4) is 5.75 Å². The number of carboxylic acid groups (broad SMARTS) is 1. The highest BCUT2D eigenvalue weighted by atomic mass is 32.1. The number of fused-ring (bicyclic) bond motifs is 3. The van der Waals surface area contributed by atoms with Gasteiger partial charge in [0.15, 0.2) is 5.13 Å². The number of morpholine rings is 1. The van der Waals surface area contributed by atoms with E-state index in [1.807, 2.05) is 13.0 Å². The number of ether oxygens (including phenoxy) is 2. The maximum absolute atomic E-state index is 11.6. The molecule has 2 atom stereocenters. The lowest BCUT2D eigenvalue weighted by Crippen LogP contribution is -2.64. The molecule has 3 heterocycles. The molecule has 2 aromatic rings. The fourth-order valence-electron chi connectivity index (χ4n) is 3.20. The van der Waals surface area contributed by atoms with Crippen LogP contribution in [0.15, 0.2) is 12.1 Å². The van der Waals surface area contributed by atoms with Gasteiger partial charge >= 0.3 is 5.97 Å². The summed E-state index contributed by atoms with van der Waals surface area (Å²) in [5.74, 6) is -0.568. The van der Waals surface area contributed by atoms with E-state index in [1.165, 1.54) is 11.3 Å². The van der Waals surface area contributed by atoms with Gasteiger partial charge in [0.25, 0.3) is 0 Å². The van der Waals surface area contributed by atoms with Crippen LogP contribution in [-0.2, 0) is 4.74 Å². The van der Waals surface area contributed by atoms with Crippen LogP contribution in [0.5, 0.6) is 5.75 Å². The Balaban J connectivity index is 1.80. The van der Waals surface area contributed by atoms with E-state index in [-0.39, 0.29) is 5.56 Å². The van der Waals surface area contributed by atoms with Crippen molar-refractivity contribution in [1.29, 1.82) is 0 Å². The third-order valence-corrected chi connectivity index (χ3v) is 5.30. The van der Waals surface area contributed by atoms with E-state index in [0.717, 1.165) is 24.8 Å². The first-order chi connectivity index (χ1) is 10.7. The monoisotopic (exact) mass is 320 g/mol. The summed E-state index contributed by atoms with van der Waals surface area (Å²) < 4.78 is 11.6. The molecular weight excluding hydrogens is 304 g/mol. The molecule has 0 spiro atoms. The number of thiazole rings is 1. The quantitative estimate of drug-likeness (QED) is 0.932. The predicted octanol–water partition coefficient (Wildman–Crippen LogP) is 2.37. The molecule has 116 valence electrons. The van der Waals surface area contributed by atoms with Crippen LogP contribution in [0.2, 0.25) is 0 Å². The van der Waals surface area contributed by atoms with Crippen LogP contribution in [0, 0.1) is 0 Å². The number of benzene rings is 1. The number of hydrogen-bond acceptors (Lipinski definition) is 6. The Morgan fingerprint density at radius 1 is 1.50 bits per heavy atom. The molecule has 0 aliphatic carbocycles. The van der Waals surface area contributed by atoms with Gasteiger partial charge in [-0.25, -0.2) is 9.78 Å². The number of hydrogen-bond donors (Lipinski definition) is 1. The number of nitrogens with zero attached hydrogens (tertiary/aromatic N) is 2. The van der Waals surface area contributed by atoms with Crippen molar-refractivity contribution in [1.82, 2.24) is 4.98 Å². The van der Waals surface area contributed by atoms with Crippen LogP contribution in [0.3, 0.4) is 0 Å². The minimum Gasteiger partial charge on any atom is -0.493 e. The van der Waals surface area contributed by atoms with E-state index in [2.05, 4.69) is 9.88 Å². The second-order valence-corrected chi connectivity index (χ2v) is 6.49. The highest BCUT2D eigenvalue weighted by molar-refractivity contribution is 7.22. The summed E-state index contributed by atoms with van der Waals surface area (Å²) in [5, 5.41) is 10.4. The average molecular weight is 320 g/mol. The van der Waals surface area contributed by atoms with Gasteiger partial charge in [-0.15, -0.1) is 0 Å². The topological polar surface area (TPSA) is 71.9 Å². The van der Waals surface area contributed by atoms with E-state index < -0.39 is 5.97 Å². The second-order valence-electron chi connectivity index (χ2n) is 5.51. The first-order valence-corrected chi connectivity index (χ1v) is 8.16. The zero-order chi connectivity index (χ0) is 15.3. The molecule has 0 radical (unpaired) electrons. The number of anilines is 1. The highest BCUT2D eigenvalue weighted by Gasteiger charge is 2.44. The Morgan fingerprint density at radius 2 is 2.27 bits per heavy atom. The first kappa shape index (κ1) is 13.8. The Bertz CT molecular complexity index is 730. The molecule has 2 saturated heterocycles. The molecule has 0 amide bonds. The largest absolute Gasteiger partial charge is 0.493 e. The molecule has 2 aliphatic rings. The standard InChI is InChI=1S/C15H16N2O4S/c1-2-21-11-4-3-10-13(12(11)14(18)19)22-15(16-10)17-8-5-9(17)7-20-6-8/h3-4,8-9H,2,5-7H2,1H3,(H,18,19). The Labute approximate surface area is 131 Å². The molecule has 1 aromatic carbocycles. The van der Waals surface area contributed by atoms with Gasteiger partial charge in [-0.3, -0.25) is 0 Å². The zero-order valence-corrected chi connectivity index (χ0v) is 12.9. The van der Waals surface area contributed by atoms with Crippen LogP contribution in [-0.4, -0.2) is 48.0 Å². The summed E-state index contributed by atoms with van der Waals surface area (Å²) in [7, 11) is 0. The zero-order valence-electron chi connectivity index (χ0n) is 12.1. The molecule has 2 unspecified atom stereocenters. The summed E-state index contributed by atoms with van der Waals surface area (Å²) >= 11 is 1.43. The van der Waals surface area contributed by atoms with Gasteiger partial charge in [0.2, 0.25) is 0 Å². The van der Waals surface area contributed by atoms with E-state index in [0.29, 0.717) is 34.7 Å². The van der Waals surface area contributed by atoms with Crippen molar-refractivity contribution in [3.63, 3.8) is 0 Å². The molecular formula is C15H16N2O4S. The molecule has 1 aromatic heterocycles. The Hall–Kier alpha value is -1.86. The molecule has 0 saturated carbocycles. The van der Waals surface area contributed by atoms with Crippen molar-refractivity contribution in [3.05, 3.63) is 17.7 Å². The molecule has 2 bridgehead atoms. The van der Waals surface area contributed by atoms with Crippen LogP contribution < -0.4 is 9.64 Å². The van der Waals surface area contributed by atoms with Gasteiger partial charge in [0.05, 0.1) is 42.1 Å². The van der Waals surface area contributed by atoms with Crippen molar-refractivity contribution in [2.75, 3.05) is 24.7 Å². The number of aromatic nitrogens is 1. The van der Waals surface area contributed by atoms with Crippen LogP contribution in [0.25, 0.3) is 10.2 Å². The minimum absolute atomic E-state index is 0.213. The molecule has 6 nitrogen and oxygen atoms in total. The van der Waals surface area contributed by atoms with Gasteiger partial charge in [-0.05, 0) is 25.5 Å². The third kappa shape index (κ3) is 1.96. The smallest absolute Gasteiger partial charge is 0.341 e. The molecule has 2 fully saturated rings. The van der Waals surface area contributed by atoms with E-state index >= 15 is 0 Å². The van der Waals surface area contributed by atoms with Crippen molar-refractivity contribution < 1.29 is 19.4 Å². The van der Waals surface area contributed by atoms with Gasteiger partial charge in [-0.2, -0.15) is 0 Å². The molecule has 4 rings (SSSR count). The van der Waals surface area contributed by atoms with Gasteiger partial charge in [0, 0.05) is 0 Å². The number of carbonyl (C=O) groups is 1. The van der Waals surface area contributed by atoms with E-state index in [1.54, 1.807) is 6.07 Å². The third-order valence-electron chi connectivity index (χ3n) is 4.19. The number of aromatic carboxylic acids is 1. The van der Waals surface area contributed by atoms with Crippen LogP contribution in [0.4, 0.5) is 5.13 Å². The minimum atomic E-state index is -0.976. The molecule has 22 heavy (non-hydrogen) atoms.